The topological polar surface area (TPSA) is 72.8 Å². The summed E-state index contributed by atoms with van der Waals surface area (Å²) in [6.07, 6.45) is 0. The van der Waals surface area contributed by atoms with Crippen LogP contribution in [0.1, 0.15) is 11.6 Å². The summed E-state index contributed by atoms with van der Waals surface area (Å²) in [6, 6.07) is 5.59. The molecule has 0 radical (unpaired) electrons. The number of rotatable bonds is 6. The van der Waals surface area contributed by atoms with Gasteiger partial charge < -0.3 is 15.1 Å². The monoisotopic (exact) mass is 238 g/mol. The van der Waals surface area contributed by atoms with Crippen LogP contribution >= 0.6 is 0 Å². The highest BCUT2D eigenvalue weighted by Crippen LogP contribution is 2.23. The Bertz CT molecular complexity index is 380. The van der Waals surface area contributed by atoms with Gasteiger partial charge in [0.15, 0.2) is 0 Å². The first-order valence-electron chi connectivity index (χ1n) is 5.41. The van der Waals surface area contributed by atoms with Crippen LogP contribution in [-0.2, 0) is 4.79 Å². The minimum atomic E-state index is -0.995. The van der Waals surface area contributed by atoms with E-state index < -0.39 is 12.0 Å². The first-order valence-corrected chi connectivity index (χ1v) is 5.41. The van der Waals surface area contributed by atoms with Gasteiger partial charge in [-0.15, -0.1) is 0 Å². The Hall–Kier alpha value is -1.59. The number of aliphatic carboxylic acids is 1. The average molecular weight is 238 g/mol. The number of para-hydroxylation sites is 1. The van der Waals surface area contributed by atoms with E-state index >= 15 is 0 Å². The predicted molar refractivity (Wildman–Crippen MR) is 65.0 cm³/mol. The molecule has 94 valence electrons. The summed E-state index contributed by atoms with van der Waals surface area (Å²) in [5.41, 5.74) is 0.388. The van der Waals surface area contributed by atoms with Gasteiger partial charge in [-0.3, -0.25) is 10.1 Å². The molecule has 0 fully saturated rings. The molecule has 0 heterocycles. The van der Waals surface area contributed by atoms with Crippen LogP contribution in [0.25, 0.3) is 0 Å². The van der Waals surface area contributed by atoms with Crippen LogP contribution in [0.5, 0.6) is 5.75 Å². The Morgan fingerprint density at radius 2 is 2.06 bits per heavy atom. The van der Waals surface area contributed by atoms with Crippen molar-refractivity contribution < 1.29 is 15.0 Å². The summed E-state index contributed by atoms with van der Waals surface area (Å²) < 4.78 is 0. The fraction of sp³-hybridized carbons (Fsp3) is 0.417. The zero-order chi connectivity index (χ0) is 12.8. The summed E-state index contributed by atoms with van der Waals surface area (Å²) in [4.78, 5) is 13.1. The first kappa shape index (κ1) is 13.5. The number of nitrogens with zero attached hydrogens (tertiary/aromatic N) is 1. The Morgan fingerprint density at radius 3 is 2.59 bits per heavy atom. The predicted octanol–water partition coefficient (Wildman–Crippen LogP) is 0.669. The van der Waals surface area contributed by atoms with Crippen LogP contribution in [0.3, 0.4) is 0 Å². The normalized spacial score (nSPS) is 12.6. The smallest absolute Gasteiger partial charge is 0.325 e. The number of benzene rings is 1. The van der Waals surface area contributed by atoms with Gasteiger partial charge >= 0.3 is 5.97 Å². The zero-order valence-corrected chi connectivity index (χ0v) is 10.1. The Kier molecular flexibility index (Phi) is 4.93. The first-order chi connectivity index (χ1) is 8.02. The second-order valence-electron chi connectivity index (χ2n) is 4.09. The van der Waals surface area contributed by atoms with Crippen molar-refractivity contribution in [3.8, 4) is 5.75 Å². The van der Waals surface area contributed by atoms with Gasteiger partial charge in [-0.05, 0) is 20.2 Å². The van der Waals surface area contributed by atoms with Gasteiger partial charge in [0, 0.05) is 18.7 Å². The van der Waals surface area contributed by atoms with E-state index in [9.17, 15) is 9.90 Å². The van der Waals surface area contributed by atoms with Crippen molar-refractivity contribution in [2.24, 2.45) is 0 Å². The van der Waals surface area contributed by atoms with E-state index in [-0.39, 0.29) is 5.75 Å². The van der Waals surface area contributed by atoms with Crippen molar-refractivity contribution in [3.63, 3.8) is 0 Å². The lowest BCUT2D eigenvalue weighted by Crippen LogP contribution is -2.33. The molecule has 0 bridgehead atoms. The molecule has 1 aromatic carbocycles. The highest BCUT2D eigenvalue weighted by atomic mass is 16.4. The fourth-order valence-electron chi connectivity index (χ4n) is 1.49. The molecule has 0 aliphatic heterocycles. The standard InChI is InChI=1S/C12H18N2O3/c1-14(2)8-7-13-11(12(16)17)9-5-3-4-6-10(9)15/h3-6,11,13,15H,7-8H2,1-2H3,(H,16,17). The lowest BCUT2D eigenvalue weighted by atomic mass is 10.1. The quantitative estimate of drug-likeness (QED) is 0.679. The molecule has 5 nitrogen and oxygen atoms in total. The molecule has 0 aliphatic rings. The Morgan fingerprint density at radius 1 is 1.41 bits per heavy atom. The van der Waals surface area contributed by atoms with Gasteiger partial charge in [0.1, 0.15) is 11.8 Å². The van der Waals surface area contributed by atoms with E-state index in [1.54, 1.807) is 18.2 Å². The average Bonchev–Trinajstić information content (AvgIpc) is 2.25. The second-order valence-corrected chi connectivity index (χ2v) is 4.09. The molecule has 0 amide bonds. The van der Waals surface area contributed by atoms with Crippen molar-refractivity contribution >= 4 is 5.97 Å². The maximum absolute atomic E-state index is 11.1. The van der Waals surface area contributed by atoms with Crippen molar-refractivity contribution in [2.75, 3.05) is 27.2 Å². The van der Waals surface area contributed by atoms with Gasteiger partial charge in [-0.1, -0.05) is 18.2 Å². The third-order valence-electron chi connectivity index (χ3n) is 2.40. The summed E-state index contributed by atoms with van der Waals surface area (Å²) in [5, 5.41) is 21.7. The number of carboxylic acids is 1. The molecule has 0 spiro atoms. The summed E-state index contributed by atoms with van der Waals surface area (Å²) in [7, 11) is 3.83. The third kappa shape index (κ3) is 4.05. The van der Waals surface area contributed by atoms with E-state index in [0.717, 1.165) is 6.54 Å². The van der Waals surface area contributed by atoms with Crippen LogP contribution in [0.15, 0.2) is 24.3 Å². The summed E-state index contributed by atoms with van der Waals surface area (Å²) >= 11 is 0. The molecule has 0 saturated carbocycles. The summed E-state index contributed by atoms with van der Waals surface area (Å²) in [5.74, 6) is -0.998. The largest absolute Gasteiger partial charge is 0.508 e. The fourth-order valence-corrected chi connectivity index (χ4v) is 1.49. The number of aromatic hydroxyl groups is 1. The molecule has 0 aromatic heterocycles. The van der Waals surface area contributed by atoms with E-state index in [4.69, 9.17) is 5.11 Å². The molecule has 5 heteroatoms. The summed E-state index contributed by atoms with van der Waals surface area (Å²) in [6.45, 7) is 1.27. The van der Waals surface area contributed by atoms with Crippen LogP contribution in [-0.4, -0.2) is 48.3 Å². The SMILES string of the molecule is CN(C)CCNC(C(=O)O)c1ccccc1O. The maximum Gasteiger partial charge on any atom is 0.325 e. The van der Waals surface area contributed by atoms with Crippen LogP contribution in [0.4, 0.5) is 0 Å². The van der Waals surface area contributed by atoms with Crippen molar-refractivity contribution in [2.45, 2.75) is 6.04 Å². The number of phenols is 1. The molecular formula is C12H18N2O3. The lowest BCUT2D eigenvalue weighted by Gasteiger charge is -2.17. The van der Waals surface area contributed by atoms with Gasteiger partial charge in [-0.2, -0.15) is 0 Å². The maximum atomic E-state index is 11.1. The number of carboxylic acid groups (broad SMARTS) is 1. The highest BCUT2D eigenvalue weighted by molar-refractivity contribution is 5.76. The van der Waals surface area contributed by atoms with Gasteiger partial charge in [-0.25, -0.2) is 0 Å². The van der Waals surface area contributed by atoms with E-state index in [0.29, 0.717) is 12.1 Å². The minimum Gasteiger partial charge on any atom is -0.508 e. The van der Waals surface area contributed by atoms with Crippen molar-refractivity contribution in [3.05, 3.63) is 29.8 Å². The molecule has 17 heavy (non-hydrogen) atoms. The van der Waals surface area contributed by atoms with Crippen molar-refractivity contribution in [1.82, 2.24) is 10.2 Å². The number of hydrogen-bond acceptors (Lipinski definition) is 4. The van der Waals surface area contributed by atoms with Gasteiger partial charge in [0.2, 0.25) is 0 Å². The molecule has 0 saturated heterocycles. The van der Waals surface area contributed by atoms with Crippen LogP contribution in [0.2, 0.25) is 0 Å². The number of likely N-dealkylation sites (N-methyl/N-ethyl adjacent to an activating group) is 1. The molecule has 1 unspecified atom stereocenters. The second kappa shape index (κ2) is 6.22. The van der Waals surface area contributed by atoms with Crippen LogP contribution < -0.4 is 5.32 Å². The van der Waals surface area contributed by atoms with E-state index in [2.05, 4.69) is 5.32 Å². The van der Waals surface area contributed by atoms with Gasteiger partial charge in [0.25, 0.3) is 0 Å². The molecule has 0 aliphatic carbocycles. The van der Waals surface area contributed by atoms with Gasteiger partial charge in [0.05, 0.1) is 0 Å². The van der Waals surface area contributed by atoms with E-state index in [1.807, 2.05) is 19.0 Å². The number of hydrogen-bond donors (Lipinski definition) is 3. The van der Waals surface area contributed by atoms with Crippen molar-refractivity contribution in [1.29, 1.82) is 0 Å². The third-order valence-corrected chi connectivity index (χ3v) is 2.40. The van der Waals surface area contributed by atoms with Crippen LogP contribution in [0, 0.1) is 0 Å². The Balaban J connectivity index is 2.73. The Labute approximate surface area is 101 Å². The molecule has 3 N–H and O–H groups in total. The molecule has 1 aromatic rings. The molecule has 1 atom stereocenters. The highest BCUT2D eigenvalue weighted by Gasteiger charge is 2.21. The number of carbonyl (C=O) groups is 1. The zero-order valence-electron chi connectivity index (χ0n) is 10.1. The molecule has 1 rings (SSSR count). The minimum absolute atomic E-state index is 0.00254. The molecular weight excluding hydrogens is 220 g/mol. The lowest BCUT2D eigenvalue weighted by molar-refractivity contribution is -0.139. The van der Waals surface area contributed by atoms with E-state index in [1.165, 1.54) is 6.07 Å². The number of nitrogens with one attached hydrogen (secondary N) is 1. The number of phenolic OH excluding ortho intramolecular Hbond substituents is 1.